The Kier molecular flexibility index (Phi) is 6.82. The van der Waals surface area contributed by atoms with Crippen LogP contribution in [0.2, 0.25) is 0 Å². The second-order valence-electron chi connectivity index (χ2n) is 6.17. The third-order valence-electron chi connectivity index (χ3n) is 4.38. The molecule has 0 aliphatic rings. The Hall–Kier alpha value is -2.15. The van der Waals surface area contributed by atoms with Crippen molar-refractivity contribution in [3.63, 3.8) is 0 Å². The van der Waals surface area contributed by atoms with E-state index in [-0.39, 0.29) is 0 Å². The number of nitrogens with zero attached hydrogens (tertiary/aromatic N) is 1. The van der Waals surface area contributed by atoms with Gasteiger partial charge in [0.2, 0.25) is 0 Å². The van der Waals surface area contributed by atoms with E-state index in [1.54, 1.807) is 0 Å². The Morgan fingerprint density at radius 3 is 1.85 bits per heavy atom. The van der Waals surface area contributed by atoms with Crippen LogP contribution in [0.1, 0.15) is 19.4 Å². The van der Waals surface area contributed by atoms with E-state index in [0.717, 1.165) is 25.4 Å². The summed E-state index contributed by atoms with van der Waals surface area (Å²) in [5.41, 5.74) is 1.29. The summed E-state index contributed by atoms with van der Waals surface area (Å²) in [5.74, 6) is 0.938. The number of hydrogen-bond acceptors (Lipinski definition) is 2. The van der Waals surface area contributed by atoms with Crippen LogP contribution in [0.4, 0.5) is 0 Å². The average Bonchev–Trinajstić information content (AvgIpc) is 2.72. The predicted octanol–water partition coefficient (Wildman–Crippen LogP) is 4.96. The maximum Gasteiger partial charge on any atom is 0.150 e. The first-order chi connectivity index (χ1) is 12.8. The van der Waals surface area contributed by atoms with Crippen LogP contribution in [0.5, 0.6) is 5.75 Å². The van der Waals surface area contributed by atoms with Gasteiger partial charge in [0.1, 0.15) is 5.75 Å². The summed E-state index contributed by atoms with van der Waals surface area (Å²) < 4.78 is 6.52. The number of hydrogen-bond donors (Lipinski definition) is 0. The number of benzene rings is 3. The lowest BCUT2D eigenvalue weighted by Crippen LogP contribution is -2.22. The SMILES string of the molecule is CCN(CC)Cc1cccc(OP(c2ccccc2)c2ccccc2)c1. The van der Waals surface area contributed by atoms with Crippen molar-refractivity contribution in [1.29, 1.82) is 0 Å². The summed E-state index contributed by atoms with van der Waals surface area (Å²) in [5, 5.41) is 2.45. The van der Waals surface area contributed by atoms with Gasteiger partial charge in [0, 0.05) is 17.2 Å². The lowest BCUT2D eigenvalue weighted by Gasteiger charge is -2.21. The van der Waals surface area contributed by atoms with Crippen LogP contribution in [0, 0.1) is 0 Å². The Morgan fingerprint density at radius 1 is 0.731 bits per heavy atom. The summed E-state index contributed by atoms with van der Waals surface area (Å²) in [7, 11) is -0.881. The smallest absolute Gasteiger partial charge is 0.150 e. The molecule has 0 N–H and O–H groups in total. The van der Waals surface area contributed by atoms with Gasteiger partial charge >= 0.3 is 0 Å². The van der Waals surface area contributed by atoms with Crippen molar-refractivity contribution >= 4 is 18.8 Å². The zero-order valence-corrected chi connectivity index (χ0v) is 16.4. The Morgan fingerprint density at radius 2 is 1.31 bits per heavy atom. The van der Waals surface area contributed by atoms with Crippen molar-refractivity contribution in [2.45, 2.75) is 20.4 Å². The molecule has 3 aromatic rings. The van der Waals surface area contributed by atoms with Crippen molar-refractivity contribution in [3.8, 4) is 5.75 Å². The van der Waals surface area contributed by atoms with E-state index in [4.69, 9.17) is 4.52 Å². The first-order valence-corrected chi connectivity index (χ1v) is 10.5. The molecule has 0 spiro atoms. The highest BCUT2D eigenvalue weighted by Gasteiger charge is 2.17. The quantitative estimate of drug-likeness (QED) is 0.525. The monoisotopic (exact) mass is 363 g/mol. The second kappa shape index (κ2) is 9.52. The molecule has 0 bridgehead atoms. The molecule has 3 rings (SSSR count). The fourth-order valence-electron chi connectivity index (χ4n) is 2.89. The van der Waals surface area contributed by atoms with Gasteiger partial charge in [-0.15, -0.1) is 0 Å². The summed E-state index contributed by atoms with van der Waals surface area (Å²) in [6.07, 6.45) is 0. The molecule has 0 heterocycles. The molecule has 2 nitrogen and oxygen atoms in total. The fraction of sp³-hybridized carbons (Fsp3) is 0.217. The molecule has 0 amide bonds. The van der Waals surface area contributed by atoms with Crippen LogP contribution in [0.3, 0.4) is 0 Å². The Balaban J connectivity index is 1.86. The molecule has 0 saturated carbocycles. The molecule has 134 valence electrons. The van der Waals surface area contributed by atoms with E-state index < -0.39 is 8.15 Å². The first kappa shape index (κ1) is 18.6. The molecule has 0 saturated heterocycles. The first-order valence-electron chi connectivity index (χ1n) is 9.19. The van der Waals surface area contributed by atoms with Crippen molar-refractivity contribution < 1.29 is 4.52 Å². The lowest BCUT2D eigenvalue weighted by atomic mass is 10.2. The zero-order valence-electron chi connectivity index (χ0n) is 15.5. The summed E-state index contributed by atoms with van der Waals surface area (Å²) in [6.45, 7) is 7.48. The topological polar surface area (TPSA) is 12.5 Å². The van der Waals surface area contributed by atoms with E-state index in [1.807, 2.05) is 12.1 Å². The Bertz CT molecular complexity index is 748. The maximum absolute atomic E-state index is 6.52. The molecule has 26 heavy (non-hydrogen) atoms. The molecule has 0 aliphatic heterocycles. The van der Waals surface area contributed by atoms with Crippen LogP contribution in [0.15, 0.2) is 84.9 Å². The molecule has 0 atom stereocenters. The maximum atomic E-state index is 6.52. The van der Waals surface area contributed by atoms with Gasteiger partial charge in [-0.1, -0.05) is 86.6 Å². The normalized spacial score (nSPS) is 11.1. The summed E-state index contributed by atoms with van der Waals surface area (Å²) in [4.78, 5) is 2.41. The minimum absolute atomic E-state index is 0.881. The second-order valence-corrected chi connectivity index (χ2v) is 7.97. The standard InChI is InChI=1S/C23H26NOP/c1-3-24(4-2)19-20-12-11-13-21(18-20)25-26(22-14-7-5-8-15-22)23-16-9-6-10-17-23/h5-18H,3-4,19H2,1-2H3. The van der Waals surface area contributed by atoms with E-state index in [1.165, 1.54) is 16.2 Å². The van der Waals surface area contributed by atoms with Crippen molar-refractivity contribution in [1.82, 2.24) is 4.90 Å². The van der Waals surface area contributed by atoms with Gasteiger partial charge in [-0.05, 0) is 30.8 Å². The van der Waals surface area contributed by atoms with Crippen LogP contribution < -0.4 is 15.1 Å². The van der Waals surface area contributed by atoms with Crippen LogP contribution in [0.25, 0.3) is 0 Å². The van der Waals surface area contributed by atoms with E-state index in [2.05, 4.69) is 91.5 Å². The van der Waals surface area contributed by atoms with Gasteiger partial charge in [-0.2, -0.15) is 0 Å². The molecule has 3 heteroatoms. The molecule has 0 fully saturated rings. The van der Waals surface area contributed by atoms with Crippen LogP contribution in [-0.4, -0.2) is 18.0 Å². The van der Waals surface area contributed by atoms with Gasteiger partial charge in [0.15, 0.2) is 8.15 Å². The Labute approximate surface area is 158 Å². The molecule has 0 aliphatic carbocycles. The van der Waals surface area contributed by atoms with Gasteiger partial charge in [-0.3, -0.25) is 4.90 Å². The molecular weight excluding hydrogens is 337 g/mol. The van der Waals surface area contributed by atoms with Gasteiger partial charge in [-0.25, -0.2) is 0 Å². The number of rotatable bonds is 8. The van der Waals surface area contributed by atoms with Crippen LogP contribution in [-0.2, 0) is 6.54 Å². The molecule has 3 aromatic carbocycles. The van der Waals surface area contributed by atoms with Gasteiger partial charge in [0.25, 0.3) is 0 Å². The molecule has 0 unspecified atom stereocenters. The highest BCUT2D eigenvalue weighted by molar-refractivity contribution is 7.68. The van der Waals surface area contributed by atoms with Gasteiger partial charge < -0.3 is 4.52 Å². The zero-order chi connectivity index (χ0) is 18.2. The van der Waals surface area contributed by atoms with Crippen molar-refractivity contribution in [2.75, 3.05) is 13.1 Å². The van der Waals surface area contributed by atoms with Crippen molar-refractivity contribution in [3.05, 3.63) is 90.5 Å². The summed E-state index contributed by atoms with van der Waals surface area (Å²) in [6, 6.07) is 29.5. The highest BCUT2D eigenvalue weighted by Crippen LogP contribution is 2.36. The fourth-order valence-corrected chi connectivity index (χ4v) is 4.61. The van der Waals surface area contributed by atoms with Crippen LogP contribution >= 0.6 is 8.15 Å². The minimum atomic E-state index is -0.881. The van der Waals surface area contributed by atoms with E-state index in [9.17, 15) is 0 Å². The largest absolute Gasteiger partial charge is 0.464 e. The van der Waals surface area contributed by atoms with E-state index >= 15 is 0 Å². The third-order valence-corrected chi connectivity index (χ3v) is 6.30. The highest BCUT2D eigenvalue weighted by atomic mass is 31.1. The average molecular weight is 363 g/mol. The minimum Gasteiger partial charge on any atom is -0.464 e. The summed E-state index contributed by atoms with van der Waals surface area (Å²) >= 11 is 0. The van der Waals surface area contributed by atoms with E-state index in [0.29, 0.717) is 0 Å². The molecular formula is C23H26NOP. The lowest BCUT2D eigenvalue weighted by molar-refractivity contribution is 0.295. The van der Waals surface area contributed by atoms with Crippen molar-refractivity contribution in [2.24, 2.45) is 0 Å². The van der Waals surface area contributed by atoms with Gasteiger partial charge in [0.05, 0.1) is 0 Å². The molecule has 0 aromatic heterocycles. The molecule has 0 radical (unpaired) electrons. The predicted molar refractivity (Wildman–Crippen MR) is 113 cm³/mol. The third kappa shape index (κ3) is 4.94.